The summed E-state index contributed by atoms with van der Waals surface area (Å²) in [6.45, 7) is -1.20. The van der Waals surface area contributed by atoms with Gasteiger partial charge in [0, 0.05) is 11.6 Å². The molecule has 3 N–H and O–H groups in total. The van der Waals surface area contributed by atoms with Gasteiger partial charge in [-0.3, -0.25) is 0 Å². The second kappa shape index (κ2) is 5.18. The van der Waals surface area contributed by atoms with Crippen LogP contribution < -0.4 is 10.6 Å². The molecule has 0 unspecified atom stereocenters. The Hall–Kier alpha value is -1.99. The van der Waals surface area contributed by atoms with Gasteiger partial charge in [-0.15, -0.1) is 0 Å². The molecule has 20 heavy (non-hydrogen) atoms. The monoisotopic (exact) mass is 291 g/mol. The Bertz CT molecular complexity index is 526. The van der Waals surface area contributed by atoms with Gasteiger partial charge < -0.3 is 15.8 Å². The molecule has 0 aliphatic heterocycles. The highest BCUT2D eigenvalue weighted by atomic mass is 19.4. The topological polar surface area (TPSA) is 61.9 Å². The zero-order valence-electron chi connectivity index (χ0n) is 10.4. The average molecular weight is 291 g/mol. The van der Waals surface area contributed by atoms with Gasteiger partial charge in [0.2, 0.25) is 0 Å². The van der Waals surface area contributed by atoms with Crippen LogP contribution in [0.5, 0.6) is 0 Å². The minimum Gasteiger partial charge on any atom is -0.409 e. The quantitative estimate of drug-likeness (QED) is 0.294. The molecule has 1 aliphatic rings. The van der Waals surface area contributed by atoms with Gasteiger partial charge in [0.05, 0.1) is 5.69 Å². The number of alkyl halides is 3. The van der Waals surface area contributed by atoms with E-state index in [9.17, 15) is 17.6 Å². The Balaban J connectivity index is 2.30. The third-order valence-corrected chi connectivity index (χ3v) is 3.00. The molecule has 0 amide bonds. The molecule has 0 bridgehead atoms. The minimum absolute atomic E-state index is 0.108. The van der Waals surface area contributed by atoms with E-state index in [-0.39, 0.29) is 23.1 Å². The number of halogens is 4. The van der Waals surface area contributed by atoms with E-state index < -0.39 is 18.5 Å². The van der Waals surface area contributed by atoms with Crippen LogP contribution in [0.4, 0.5) is 23.2 Å². The van der Waals surface area contributed by atoms with Crippen molar-refractivity contribution < 1.29 is 22.8 Å². The van der Waals surface area contributed by atoms with Crippen LogP contribution in [-0.4, -0.2) is 29.8 Å². The summed E-state index contributed by atoms with van der Waals surface area (Å²) in [6.07, 6.45) is -3.19. The van der Waals surface area contributed by atoms with Crippen LogP contribution in [0.1, 0.15) is 18.4 Å². The summed E-state index contributed by atoms with van der Waals surface area (Å²) in [5, 5.41) is 11.2. The first-order chi connectivity index (χ1) is 9.31. The Labute approximate surface area is 112 Å². The van der Waals surface area contributed by atoms with E-state index in [1.807, 2.05) is 0 Å². The molecule has 1 aliphatic carbocycles. The largest absolute Gasteiger partial charge is 0.409 e. The summed E-state index contributed by atoms with van der Waals surface area (Å²) in [5.41, 5.74) is 5.29. The van der Waals surface area contributed by atoms with Crippen molar-refractivity contribution in [3.63, 3.8) is 0 Å². The van der Waals surface area contributed by atoms with Gasteiger partial charge in [0.25, 0.3) is 0 Å². The van der Waals surface area contributed by atoms with Crippen LogP contribution in [0, 0.1) is 5.82 Å². The Morgan fingerprint density at radius 1 is 1.40 bits per heavy atom. The number of anilines is 1. The number of oxime groups is 1. The number of hydrogen-bond acceptors (Lipinski definition) is 3. The van der Waals surface area contributed by atoms with E-state index in [4.69, 9.17) is 10.9 Å². The van der Waals surface area contributed by atoms with Crippen LogP contribution in [0.2, 0.25) is 0 Å². The number of rotatable bonds is 4. The van der Waals surface area contributed by atoms with Gasteiger partial charge in [-0.2, -0.15) is 13.2 Å². The molecule has 8 heteroatoms. The molecule has 0 heterocycles. The van der Waals surface area contributed by atoms with E-state index in [2.05, 4.69) is 5.16 Å². The number of nitrogens with zero attached hydrogens (tertiary/aromatic N) is 2. The van der Waals surface area contributed by atoms with Gasteiger partial charge in [0.15, 0.2) is 5.84 Å². The first kappa shape index (κ1) is 14.4. The van der Waals surface area contributed by atoms with Gasteiger partial charge in [-0.1, -0.05) is 5.16 Å². The summed E-state index contributed by atoms with van der Waals surface area (Å²) in [5.74, 6) is -1.13. The molecule has 2 rings (SSSR count). The molecule has 0 atom stereocenters. The number of hydrogen-bond donors (Lipinski definition) is 2. The number of nitrogens with two attached hydrogens (primary N) is 1. The second-order valence-electron chi connectivity index (χ2n) is 4.63. The number of amidine groups is 1. The molecule has 4 nitrogen and oxygen atoms in total. The molecule has 0 spiro atoms. The standard InChI is InChI=1S/C12H13F4N3O/c13-9-5-7(11(17)18-20)1-4-10(9)19(8-2-3-8)6-12(14,15)16/h1,4-5,8,20H,2-3,6H2,(H2,17,18). The normalized spacial score (nSPS) is 16.3. The maximum Gasteiger partial charge on any atom is 0.405 e. The van der Waals surface area contributed by atoms with E-state index in [1.54, 1.807) is 0 Å². The third-order valence-electron chi connectivity index (χ3n) is 3.00. The van der Waals surface area contributed by atoms with Crippen LogP contribution in [0.3, 0.4) is 0 Å². The maximum absolute atomic E-state index is 14.0. The molecule has 0 saturated heterocycles. The van der Waals surface area contributed by atoms with Crippen molar-refractivity contribution in [2.45, 2.75) is 25.1 Å². The van der Waals surface area contributed by atoms with Crippen LogP contribution in [0.15, 0.2) is 23.4 Å². The molecule has 0 radical (unpaired) electrons. The summed E-state index contributed by atoms with van der Waals surface area (Å²) in [6, 6.07) is 3.20. The minimum atomic E-state index is -4.40. The van der Waals surface area contributed by atoms with Gasteiger partial charge in [-0.25, -0.2) is 4.39 Å². The molecule has 0 aromatic heterocycles. The summed E-state index contributed by atoms with van der Waals surface area (Å²) in [7, 11) is 0. The molecule has 110 valence electrons. The number of benzene rings is 1. The molecular formula is C12H13F4N3O. The first-order valence-corrected chi connectivity index (χ1v) is 5.92. The van der Waals surface area contributed by atoms with Crippen molar-refractivity contribution in [3.05, 3.63) is 29.6 Å². The fourth-order valence-electron chi connectivity index (χ4n) is 1.95. The highest BCUT2D eigenvalue weighted by Gasteiger charge is 2.39. The predicted octanol–water partition coefficient (Wildman–Crippen LogP) is 2.45. The lowest BCUT2D eigenvalue weighted by molar-refractivity contribution is -0.120. The van der Waals surface area contributed by atoms with Gasteiger partial charge >= 0.3 is 6.18 Å². The third kappa shape index (κ3) is 3.31. The van der Waals surface area contributed by atoms with Gasteiger partial charge in [-0.05, 0) is 31.0 Å². The van der Waals surface area contributed by atoms with Crippen LogP contribution in [-0.2, 0) is 0 Å². The molecule has 1 aromatic carbocycles. The Morgan fingerprint density at radius 2 is 2.05 bits per heavy atom. The average Bonchev–Trinajstić information content (AvgIpc) is 3.18. The van der Waals surface area contributed by atoms with Crippen molar-refractivity contribution in [2.75, 3.05) is 11.4 Å². The van der Waals surface area contributed by atoms with Crippen molar-refractivity contribution in [1.29, 1.82) is 0 Å². The fourth-order valence-corrected chi connectivity index (χ4v) is 1.95. The maximum atomic E-state index is 14.0. The molecule has 1 saturated carbocycles. The molecule has 1 aromatic rings. The van der Waals surface area contributed by atoms with E-state index in [0.717, 1.165) is 11.0 Å². The van der Waals surface area contributed by atoms with E-state index >= 15 is 0 Å². The summed E-state index contributed by atoms with van der Waals surface area (Å²) < 4.78 is 51.6. The van der Waals surface area contributed by atoms with E-state index in [1.165, 1.54) is 12.1 Å². The van der Waals surface area contributed by atoms with Crippen molar-refractivity contribution >= 4 is 11.5 Å². The van der Waals surface area contributed by atoms with Crippen molar-refractivity contribution in [2.24, 2.45) is 10.9 Å². The Kier molecular flexibility index (Phi) is 3.74. The predicted molar refractivity (Wildman–Crippen MR) is 65.3 cm³/mol. The molecular weight excluding hydrogens is 278 g/mol. The van der Waals surface area contributed by atoms with Gasteiger partial charge in [0.1, 0.15) is 12.4 Å². The van der Waals surface area contributed by atoms with Crippen LogP contribution >= 0.6 is 0 Å². The smallest absolute Gasteiger partial charge is 0.405 e. The van der Waals surface area contributed by atoms with Crippen molar-refractivity contribution in [1.82, 2.24) is 0 Å². The summed E-state index contributed by atoms with van der Waals surface area (Å²) >= 11 is 0. The van der Waals surface area contributed by atoms with Crippen molar-refractivity contribution in [3.8, 4) is 0 Å². The molecule has 1 fully saturated rings. The lowest BCUT2D eigenvalue weighted by Gasteiger charge is -2.26. The van der Waals surface area contributed by atoms with Crippen LogP contribution in [0.25, 0.3) is 0 Å². The lowest BCUT2D eigenvalue weighted by Crippen LogP contribution is -2.36. The zero-order valence-corrected chi connectivity index (χ0v) is 10.4. The Morgan fingerprint density at radius 3 is 2.50 bits per heavy atom. The SMILES string of the molecule is NC(=NO)c1ccc(N(CC(F)(F)F)C2CC2)c(F)c1. The highest BCUT2D eigenvalue weighted by molar-refractivity contribution is 5.97. The highest BCUT2D eigenvalue weighted by Crippen LogP contribution is 2.35. The first-order valence-electron chi connectivity index (χ1n) is 5.92. The van der Waals surface area contributed by atoms with E-state index in [0.29, 0.717) is 12.8 Å². The second-order valence-corrected chi connectivity index (χ2v) is 4.63. The summed E-state index contributed by atoms with van der Waals surface area (Å²) in [4.78, 5) is 1.01. The zero-order chi connectivity index (χ0) is 14.9. The fraction of sp³-hybridized carbons (Fsp3) is 0.417. The lowest BCUT2D eigenvalue weighted by atomic mass is 10.1.